The topological polar surface area (TPSA) is 69.6 Å². The highest BCUT2D eigenvalue weighted by atomic mass is 16.3. The Morgan fingerprint density at radius 2 is 1.96 bits per heavy atom. The third kappa shape index (κ3) is 5.30. The second-order valence-electron chi connectivity index (χ2n) is 7.39. The molecule has 5 heteroatoms. The molecular weight excluding hydrogens is 316 g/mol. The van der Waals surface area contributed by atoms with Gasteiger partial charge in [0.2, 0.25) is 11.8 Å². The fourth-order valence-corrected chi connectivity index (χ4v) is 3.60. The van der Waals surface area contributed by atoms with Crippen molar-refractivity contribution in [1.29, 1.82) is 0 Å². The lowest BCUT2D eigenvalue weighted by Crippen LogP contribution is -2.52. The lowest BCUT2D eigenvalue weighted by atomic mass is 9.92. The van der Waals surface area contributed by atoms with E-state index in [1.807, 2.05) is 24.3 Å². The van der Waals surface area contributed by atoms with Crippen molar-refractivity contribution in [3.8, 4) is 0 Å². The molecule has 1 heterocycles. The summed E-state index contributed by atoms with van der Waals surface area (Å²) in [4.78, 5) is 26.4. The lowest BCUT2D eigenvalue weighted by Gasteiger charge is -2.35. The molecule has 1 aliphatic rings. The number of hydrogen-bond donors (Lipinski definition) is 2. The molecule has 0 bridgehead atoms. The van der Waals surface area contributed by atoms with E-state index in [1.54, 1.807) is 4.90 Å². The van der Waals surface area contributed by atoms with E-state index in [0.717, 1.165) is 17.5 Å². The number of rotatable bonds is 7. The minimum Gasteiger partial charge on any atom is -0.396 e. The molecule has 0 aromatic heterocycles. The third-order valence-electron chi connectivity index (χ3n) is 4.86. The monoisotopic (exact) mass is 346 g/mol. The summed E-state index contributed by atoms with van der Waals surface area (Å²) in [5.41, 5.74) is 2.24. The van der Waals surface area contributed by atoms with Gasteiger partial charge in [-0.05, 0) is 35.8 Å². The maximum absolute atomic E-state index is 12.7. The van der Waals surface area contributed by atoms with Crippen LogP contribution in [0.5, 0.6) is 0 Å². The summed E-state index contributed by atoms with van der Waals surface area (Å²) in [5.74, 6) is 0.597. The van der Waals surface area contributed by atoms with Crippen molar-refractivity contribution in [3.05, 3.63) is 35.4 Å². The van der Waals surface area contributed by atoms with E-state index in [1.165, 1.54) is 6.92 Å². The Morgan fingerprint density at radius 1 is 1.28 bits per heavy atom. The minimum atomic E-state index is -0.457. The summed E-state index contributed by atoms with van der Waals surface area (Å²) in [7, 11) is 0. The highest BCUT2D eigenvalue weighted by molar-refractivity contribution is 5.87. The molecule has 1 aromatic carbocycles. The van der Waals surface area contributed by atoms with Crippen LogP contribution >= 0.6 is 0 Å². The molecular formula is C20H30N2O3. The largest absolute Gasteiger partial charge is 0.396 e. The number of benzene rings is 1. The van der Waals surface area contributed by atoms with E-state index < -0.39 is 6.04 Å². The number of aliphatic hydroxyl groups excluding tert-OH is 1. The second-order valence-corrected chi connectivity index (χ2v) is 7.39. The Bertz CT molecular complexity index is 600. The number of aliphatic hydroxyl groups is 1. The van der Waals surface area contributed by atoms with Crippen LogP contribution in [-0.4, -0.2) is 41.0 Å². The zero-order valence-corrected chi connectivity index (χ0v) is 15.5. The van der Waals surface area contributed by atoms with E-state index in [2.05, 4.69) is 19.2 Å². The van der Waals surface area contributed by atoms with Crippen LogP contribution in [0.25, 0.3) is 0 Å². The number of carbonyl (C=O) groups is 2. The number of amides is 2. The van der Waals surface area contributed by atoms with Crippen molar-refractivity contribution < 1.29 is 14.7 Å². The van der Waals surface area contributed by atoms with Crippen LogP contribution in [0.15, 0.2) is 24.3 Å². The smallest absolute Gasteiger partial charge is 0.243 e. The van der Waals surface area contributed by atoms with E-state index in [-0.39, 0.29) is 24.3 Å². The van der Waals surface area contributed by atoms with Gasteiger partial charge in [-0.25, -0.2) is 0 Å². The van der Waals surface area contributed by atoms with Gasteiger partial charge in [0.1, 0.15) is 6.04 Å². The first-order valence-electron chi connectivity index (χ1n) is 9.15. The maximum atomic E-state index is 12.7. The molecule has 0 saturated heterocycles. The minimum absolute atomic E-state index is 0.0799. The zero-order valence-electron chi connectivity index (χ0n) is 15.5. The summed E-state index contributed by atoms with van der Waals surface area (Å²) in [6, 6.07) is 7.51. The van der Waals surface area contributed by atoms with Crippen molar-refractivity contribution in [1.82, 2.24) is 10.2 Å². The number of nitrogens with zero attached hydrogens (tertiary/aromatic N) is 1. The highest BCUT2D eigenvalue weighted by Gasteiger charge is 2.33. The van der Waals surface area contributed by atoms with Crippen molar-refractivity contribution >= 4 is 11.8 Å². The molecule has 2 amide bonds. The van der Waals surface area contributed by atoms with Gasteiger partial charge in [0, 0.05) is 33.0 Å². The van der Waals surface area contributed by atoms with E-state index in [9.17, 15) is 14.7 Å². The molecule has 0 spiro atoms. The summed E-state index contributed by atoms with van der Waals surface area (Å²) in [6.07, 6.45) is 2.20. The van der Waals surface area contributed by atoms with Crippen molar-refractivity contribution in [2.24, 2.45) is 11.8 Å². The molecule has 0 radical (unpaired) electrons. The fourth-order valence-electron chi connectivity index (χ4n) is 3.60. The second kappa shape index (κ2) is 8.99. The van der Waals surface area contributed by atoms with Gasteiger partial charge in [0.25, 0.3) is 0 Å². The number of carbonyl (C=O) groups excluding carboxylic acids is 2. The van der Waals surface area contributed by atoms with Crippen LogP contribution in [0.2, 0.25) is 0 Å². The van der Waals surface area contributed by atoms with Crippen molar-refractivity contribution in [2.75, 3.05) is 13.2 Å². The molecule has 2 N–H and O–H groups in total. The summed E-state index contributed by atoms with van der Waals surface area (Å²) in [5, 5.41) is 12.2. The fraction of sp³-hybridized carbons (Fsp3) is 0.600. The summed E-state index contributed by atoms with van der Waals surface area (Å²) in [6.45, 7) is 6.95. The quantitative estimate of drug-likeness (QED) is 0.794. The van der Waals surface area contributed by atoms with Crippen LogP contribution in [0.3, 0.4) is 0 Å². The molecule has 0 fully saturated rings. The summed E-state index contributed by atoms with van der Waals surface area (Å²) >= 11 is 0. The standard InChI is InChI=1S/C20H30N2O3/c1-14(2)10-16(8-9-23)12-21-20(25)19-11-17-6-4-5-7-18(17)13-22(19)15(3)24/h4-7,14,16,19,23H,8-13H2,1-3H3,(H,21,25). The summed E-state index contributed by atoms with van der Waals surface area (Å²) < 4.78 is 0. The Morgan fingerprint density at radius 3 is 2.56 bits per heavy atom. The third-order valence-corrected chi connectivity index (χ3v) is 4.86. The number of nitrogens with one attached hydrogen (secondary N) is 1. The van der Waals surface area contributed by atoms with Gasteiger partial charge in [0.15, 0.2) is 0 Å². The van der Waals surface area contributed by atoms with Gasteiger partial charge in [-0.3, -0.25) is 9.59 Å². The Hall–Kier alpha value is -1.88. The van der Waals surface area contributed by atoms with Crippen molar-refractivity contribution in [3.63, 3.8) is 0 Å². The first-order chi connectivity index (χ1) is 11.9. The Balaban J connectivity index is 2.04. The predicted molar refractivity (Wildman–Crippen MR) is 97.8 cm³/mol. The molecule has 2 unspecified atom stereocenters. The molecule has 5 nitrogen and oxygen atoms in total. The van der Waals surface area contributed by atoms with E-state index in [0.29, 0.717) is 31.8 Å². The van der Waals surface area contributed by atoms with Gasteiger partial charge in [-0.1, -0.05) is 38.1 Å². The van der Waals surface area contributed by atoms with Gasteiger partial charge in [0.05, 0.1) is 0 Å². The molecule has 138 valence electrons. The SMILES string of the molecule is CC(=O)N1Cc2ccccc2CC1C(=O)NCC(CCO)CC(C)C. The maximum Gasteiger partial charge on any atom is 0.243 e. The van der Waals surface area contributed by atoms with Crippen LogP contribution in [0.4, 0.5) is 0 Å². The van der Waals surface area contributed by atoms with E-state index in [4.69, 9.17) is 0 Å². The van der Waals surface area contributed by atoms with Gasteiger partial charge in [-0.15, -0.1) is 0 Å². The van der Waals surface area contributed by atoms with Gasteiger partial charge < -0.3 is 15.3 Å². The molecule has 25 heavy (non-hydrogen) atoms. The van der Waals surface area contributed by atoms with Crippen LogP contribution in [0, 0.1) is 11.8 Å². The van der Waals surface area contributed by atoms with E-state index >= 15 is 0 Å². The molecule has 1 aliphatic heterocycles. The number of hydrogen-bond acceptors (Lipinski definition) is 3. The van der Waals surface area contributed by atoms with Gasteiger partial charge >= 0.3 is 0 Å². The van der Waals surface area contributed by atoms with Crippen LogP contribution in [0.1, 0.15) is 44.7 Å². The zero-order chi connectivity index (χ0) is 18.4. The average Bonchev–Trinajstić information content (AvgIpc) is 2.57. The van der Waals surface area contributed by atoms with Crippen LogP contribution < -0.4 is 5.32 Å². The predicted octanol–water partition coefficient (Wildman–Crippen LogP) is 2.12. The average molecular weight is 346 g/mol. The molecule has 2 atom stereocenters. The molecule has 0 aliphatic carbocycles. The van der Waals surface area contributed by atoms with Gasteiger partial charge in [-0.2, -0.15) is 0 Å². The number of fused-ring (bicyclic) bond motifs is 1. The first kappa shape index (κ1) is 19.4. The molecule has 0 saturated carbocycles. The highest BCUT2D eigenvalue weighted by Crippen LogP contribution is 2.24. The lowest BCUT2D eigenvalue weighted by molar-refractivity contribution is -0.140. The molecule has 1 aromatic rings. The Kier molecular flexibility index (Phi) is 7.00. The van der Waals surface area contributed by atoms with Crippen LogP contribution in [-0.2, 0) is 22.6 Å². The molecule has 2 rings (SSSR count). The Labute approximate surface area is 150 Å². The normalized spacial score (nSPS) is 18.0. The first-order valence-corrected chi connectivity index (χ1v) is 9.15. The van der Waals surface area contributed by atoms with Crippen molar-refractivity contribution in [2.45, 2.75) is 52.6 Å².